The van der Waals surface area contributed by atoms with Gasteiger partial charge in [0.05, 0.1) is 6.10 Å². The Balaban J connectivity index is 1.54. The van der Waals surface area contributed by atoms with Crippen LogP contribution in [0.1, 0.15) is 122 Å². The molecule has 0 aliphatic rings. The molecule has 0 saturated heterocycles. The molecule has 0 aliphatic carbocycles. The smallest absolute Gasteiger partial charge is 0.329 e. The molecule has 2 N–H and O–H groups in total. The molecule has 39 heavy (non-hydrogen) atoms. The number of unbranched alkanes of at least 4 members (excludes halogenated alkanes) is 13. The maximum atomic E-state index is 12.1. The monoisotopic (exact) mass is 547 g/mol. The third-order valence-corrected chi connectivity index (χ3v) is 7.82. The van der Waals surface area contributed by atoms with Crippen LogP contribution >= 0.6 is 0 Å². The number of nitrogens with zero attached hydrogens (tertiary/aromatic N) is 4. The van der Waals surface area contributed by atoms with Crippen molar-refractivity contribution in [3.63, 3.8) is 0 Å². The van der Waals surface area contributed by atoms with E-state index in [1.807, 2.05) is 11.9 Å². The Kier molecular flexibility index (Phi) is 15.2. The number of H-pyrrole nitrogens is 1. The maximum Gasteiger partial charge on any atom is 0.329 e. The molecule has 0 aromatic carbocycles. The highest BCUT2D eigenvalue weighted by molar-refractivity contribution is 5.73. The van der Waals surface area contributed by atoms with Gasteiger partial charge in [-0.2, -0.15) is 0 Å². The van der Waals surface area contributed by atoms with Crippen molar-refractivity contribution in [2.75, 3.05) is 13.1 Å². The maximum absolute atomic E-state index is 12.1. The van der Waals surface area contributed by atoms with E-state index in [1.54, 1.807) is 18.5 Å². The number of aliphatic hydroxyl groups excluding tert-OH is 1. The minimum atomic E-state index is -0.445. The number of aryl methyl sites for hydroxylation is 3. The molecular formula is C30H53N5O4. The number of aromatic nitrogens is 4. The largest absolute Gasteiger partial charge is 0.391 e. The number of carbonyl (C=O) groups excluding carboxylic acids is 1. The molecule has 222 valence electrons. The molecule has 0 aliphatic heterocycles. The molecule has 1 unspecified atom stereocenters. The average Bonchev–Trinajstić information content (AvgIpc) is 3.23. The highest BCUT2D eigenvalue weighted by Crippen LogP contribution is 2.15. The fourth-order valence-corrected chi connectivity index (χ4v) is 5.28. The fraction of sp³-hybridized carbons (Fsp3) is 0.800. The second-order valence-electron chi connectivity index (χ2n) is 11.2. The van der Waals surface area contributed by atoms with Gasteiger partial charge in [0.15, 0.2) is 11.2 Å². The quantitative estimate of drug-likeness (QED) is 0.214. The van der Waals surface area contributed by atoms with Gasteiger partial charge in [-0.1, -0.05) is 90.4 Å². The summed E-state index contributed by atoms with van der Waals surface area (Å²) in [6, 6.07) is 0. The van der Waals surface area contributed by atoms with Crippen LogP contribution in [0.25, 0.3) is 11.2 Å². The molecule has 9 nitrogen and oxygen atoms in total. The molecule has 0 radical (unpaired) electrons. The first-order valence-electron chi connectivity index (χ1n) is 15.3. The van der Waals surface area contributed by atoms with E-state index in [2.05, 4.69) is 16.9 Å². The molecule has 2 aromatic heterocycles. The summed E-state index contributed by atoms with van der Waals surface area (Å²) in [5.74, 6) is 0.888. The van der Waals surface area contributed by atoms with Crippen LogP contribution in [0.15, 0.2) is 9.59 Å². The Morgan fingerprint density at radius 1 is 0.872 bits per heavy atom. The van der Waals surface area contributed by atoms with Gasteiger partial charge >= 0.3 is 5.69 Å². The van der Waals surface area contributed by atoms with Crippen LogP contribution in [0.5, 0.6) is 0 Å². The summed E-state index contributed by atoms with van der Waals surface area (Å²) in [5, 5.41) is 10.5. The van der Waals surface area contributed by atoms with Crippen LogP contribution in [0, 0.1) is 0 Å². The van der Waals surface area contributed by atoms with Gasteiger partial charge in [-0.05, 0) is 19.3 Å². The van der Waals surface area contributed by atoms with Crippen molar-refractivity contribution in [1.29, 1.82) is 0 Å². The van der Waals surface area contributed by atoms with Gasteiger partial charge in [0.2, 0.25) is 5.91 Å². The number of hydrogen-bond donors (Lipinski definition) is 2. The normalized spacial score (nSPS) is 12.3. The van der Waals surface area contributed by atoms with Crippen LogP contribution in [0.2, 0.25) is 0 Å². The molecule has 2 heterocycles. The number of rotatable bonds is 21. The summed E-state index contributed by atoms with van der Waals surface area (Å²) in [6.45, 7) is 5.05. The summed E-state index contributed by atoms with van der Waals surface area (Å²) in [5.41, 5.74) is 0.0357. The van der Waals surface area contributed by atoms with Crippen molar-refractivity contribution in [1.82, 2.24) is 24.0 Å². The molecule has 2 aromatic rings. The van der Waals surface area contributed by atoms with E-state index in [0.29, 0.717) is 17.7 Å². The predicted molar refractivity (Wildman–Crippen MR) is 158 cm³/mol. The standard InChI is InChI=1S/C30H53N5O4/c1-5-6-7-8-9-13-16-19-22-35(24(2)36)23-25(37)20-17-14-11-10-12-15-18-21-26-31-28-27(33(26)3)29(38)32-30(39)34(28)4/h25,37H,5-23H2,1-4H3,(H,32,38,39). The summed E-state index contributed by atoms with van der Waals surface area (Å²) in [7, 11) is 3.44. The Morgan fingerprint density at radius 2 is 1.44 bits per heavy atom. The highest BCUT2D eigenvalue weighted by atomic mass is 16.3. The summed E-state index contributed by atoms with van der Waals surface area (Å²) in [6.07, 6.45) is 18.6. The first-order valence-corrected chi connectivity index (χ1v) is 15.3. The predicted octanol–water partition coefficient (Wildman–Crippen LogP) is 4.97. The Hall–Kier alpha value is -2.42. The first-order chi connectivity index (χ1) is 18.8. The van der Waals surface area contributed by atoms with E-state index < -0.39 is 17.4 Å². The first kappa shape index (κ1) is 32.8. The molecule has 0 bridgehead atoms. The minimum Gasteiger partial charge on any atom is -0.391 e. The average molecular weight is 548 g/mol. The third-order valence-electron chi connectivity index (χ3n) is 7.82. The summed E-state index contributed by atoms with van der Waals surface area (Å²) < 4.78 is 3.17. The Labute approximate surface area is 234 Å². The number of fused-ring (bicyclic) bond motifs is 1. The topological polar surface area (TPSA) is 113 Å². The molecular weight excluding hydrogens is 494 g/mol. The molecule has 9 heteroatoms. The van der Waals surface area contributed by atoms with Crippen molar-refractivity contribution in [2.24, 2.45) is 14.1 Å². The van der Waals surface area contributed by atoms with Gasteiger partial charge in [0, 0.05) is 40.5 Å². The summed E-state index contributed by atoms with van der Waals surface area (Å²) >= 11 is 0. The van der Waals surface area contributed by atoms with Gasteiger partial charge in [0.25, 0.3) is 5.56 Å². The van der Waals surface area contributed by atoms with Gasteiger partial charge in [-0.15, -0.1) is 0 Å². The third kappa shape index (κ3) is 11.3. The van der Waals surface area contributed by atoms with Crippen molar-refractivity contribution in [2.45, 2.75) is 129 Å². The van der Waals surface area contributed by atoms with Crippen molar-refractivity contribution >= 4 is 17.1 Å². The van der Waals surface area contributed by atoms with E-state index >= 15 is 0 Å². The lowest BCUT2D eigenvalue weighted by Crippen LogP contribution is -2.36. The number of amides is 1. The molecule has 1 amide bonds. The van der Waals surface area contributed by atoms with E-state index in [1.165, 1.54) is 43.1 Å². The van der Waals surface area contributed by atoms with Crippen molar-refractivity contribution in [3.8, 4) is 0 Å². The lowest BCUT2D eigenvalue weighted by Gasteiger charge is -2.24. The lowest BCUT2D eigenvalue weighted by molar-refractivity contribution is -0.130. The highest BCUT2D eigenvalue weighted by Gasteiger charge is 2.15. The van der Waals surface area contributed by atoms with Crippen LogP contribution in [0.4, 0.5) is 0 Å². The number of hydrogen-bond acceptors (Lipinski definition) is 5. The molecule has 1 atom stereocenters. The molecule has 0 spiro atoms. The number of aromatic amines is 1. The molecule has 0 fully saturated rings. The summed E-state index contributed by atoms with van der Waals surface area (Å²) in [4.78, 5) is 44.6. The molecule has 2 rings (SSSR count). The van der Waals surface area contributed by atoms with Crippen LogP contribution in [-0.2, 0) is 25.3 Å². The second kappa shape index (κ2) is 18.0. The van der Waals surface area contributed by atoms with Gasteiger partial charge < -0.3 is 14.6 Å². The lowest BCUT2D eigenvalue weighted by atomic mass is 10.0. The Morgan fingerprint density at radius 3 is 2.05 bits per heavy atom. The van der Waals surface area contributed by atoms with E-state index in [0.717, 1.165) is 83.0 Å². The van der Waals surface area contributed by atoms with Crippen LogP contribution in [-0.4, -0.2) is 54.2 Å². The van der Waals surface area contributed by atoms with Crippen LogP contribution in [0.3, 0.4) is 0 Å². The Bertz CT molecular complexity index is 1100. The number of imidazole rings is 1. The van der Waals surface area contributed by atoms with Crippen molar-refractivity contribution in [3.05, 3.63) is 26.7 Å². The number of carbonyl (C=O) groups is 1. The zero-order valence-corrected chi connectivity index (χ0v) is 25.0. The zero-order valence-electron chi connectivity index (χ0n) is 25.0. The second-order valence-corrected chi connectivity index (χ2v) is 11.2. The molecule has 0 saturated carbocycles. The van der Waals surface area contributed by atoms with E-state index in [4.69, 9.17) is 0 Å². The van der Waals surface area contributed by atoms with E-state index in [-0.39, 0.29) is 5.91 Å². The van der Waals surface area contributed by atoms with Gasteiger partial charge in [0.1, 0.15) is 5.82 Å². The zero-order chi connectivity index (χ0) is 28.6. The SMILES string of the molecule is CCCCCCCCCCN(CC(O)CCCCCCCCCc1nc2c(c(=O)[nH]c(=O)n2C)n1C)C(C)=O. The minimum absolute atomic E-state index is 0.0616. The van der Waals surface area contributed by atoms with Crippen LogP contribution < -0.4 is 11.2 Å². The van der Waals surface area contributed by atoms with Gasteiger partial charge in [-0.3, -0.25) is 19.1 Å². The number of nitrogens with one attached hydrogen (secondary N) is 1. The van der Waals surface area contributed by atoms with Crippen molar-refractivity contribution < 1.29 is 9.90 Å². The fourth-order valence-electron chi connectivity index (χ4n) is 5.28. The van der Waals surface area contributed by atoms with E-state index in [9.17, 15) is 19.5 Å². The number of aliphatic hydroxyl groups is 1. The van der Waals surface area contributed by atoms with Gasteiger partial charge in [-0.25, -0.2) is 9.78 Å².